The normalized spacial score (nSPS) is 16.7. The Morgan fingerprint density at radius 1 is 0.762 bits per heavy atom. The van der Waals surface area contributed by atoms with Gasteiger partial charge in [-0.05, 0) is 69.4 Å². The molecule has 0 amide bonds. The maximum absolute atomic E-state index is 2.65. The molecule has 128 valence electrons. The quantitative estimate of drug-likeness (QED) is 0.412. The topological polar surface area (TPSA) is 3.24 Å². The van der Waals surface area contributed by atoms with Crippen molar-refractivity contribution >= 4 is 0 Å². The third-order valence-electron chi connectivity index (χ3n) is 5.71. The summed E-state index contributed by atoms with van der Waals surface area (Å²) in [5.74, 6) is 3.46. The summed E-state index contributed by atoms with van der Waals surface area (Å²) >= 11 is 0. The fourth-order valence-electron chi connectivity index (χ4n) is 3.13. The minimum absolute atomic E-state index is 0.744. The van der Waals surface area contributed by atoms with Gasteiger partial charge in [0.1, 0.15) is 0 Å². The lowest BCUT2D eigenvalue weighted by molar-refractivity contribution is 0.197. The van der Waals surface area contributed by atoms with Crippen LogP contribution in [0.4, 0.5) is 0 Å². The Hall–Kier alpha value is -0.0400. The molecule has 0 saturated heterocycles. The molecule has 0 aliphatic carbocycles. The molecule has 3 unspecified atom stereocenters. The summed E-state index contributed by atoms with van der Waals surface area (Å²) in [5.41, 5.74) is 0. The van der Waals surface area contributed by atoms with Crippen molar-refractivity contribution in [3.63, 3.8) is 0 Å². The van der Waals surface area contributed by atoms with Crippen molar-refractivity contribution < 1.29 is 0 Å². The van der Waals surface area contributed by atoms with Crippen LogP contribution >= 0.6 is 0 Å². The molecular formula is C20H43N. The van der Waals surface area contributed by atoms with Gasteiger partial charge in [0.2, 0.25) is 0 Å². The van der Waals surface area contributed by atoms with Crippen LogP contribution in [0, 0.1) is 23.7 Å². The van der Waals surface area contributed by atoms with E-state index in [1.165, 1.54) is 45.2 Å². The number of rotatable bonds is 12. The van der Waals surface area contributed by atoms with Crippen molar-refractivity contribution in [2.24, 2.45) is 23.7 Å². The first kappa shape index (κ1) is 21.0. The lowest BCUT2D eigenvalue weighted by Crippen LogP contribution is -2.33. The van der Waals surface area contributed by atoms with Crippen molar-refractivity contribution in [3.05, 3.63) is 0 Å². The largest absolute Gasteiger partial charge is 0.301 e. The second kappa shape index (κ2) is 11.5. The second-order valence-electron chi connectivity index (χ2n) is 7.83. The van der Waals surface area contributed by atoms with Gasteiger partial charge in [0.05, 0.1) is 0 Å². The number of nitrogens with zero attached hydrogens (tertiary/aromatic N) is 1. The van der Waals surface area contributed by atoms with Crippen LogP contribution in [-0.4, -0.2) is 24.0 Å². The molecule has 0 rings (SSSR count). The zero-order chi connectivity index (χ0) is 16.4. The van der Waals surface area contributed by atoms with Gasteiger partial charge in [-0.25, -0.2) is 0 Å². The molecule has 0 aromatic heterocycles. The summed E-state index contributed by atoms with van der Waals surface area (Å²) in [6.07, 6.45) is 6.88. The van der Waals surface area contributed by atoms with Gasteiger partial charge in [-0.2, -0.15) is 0 Å². The van der Waals surface area contributed by atoms with Crippen LogP contribution < -0.4 is 0 Å². The van der Waals surface area contributed by atoms with Gasteiger partial charge in [-0.15, -0.1) is 0 Å². The Labute approximate surface area is 135 Å². The van der Waals surface area contributed by atoms with E-state index >= 15 is 0 Å². The van der Waals surface area contributed by atoms with Crippen molar-refractivity contribution in [2.75, 3.05) is 13.1 Å². The van der Waals surface area contributed by atoms with Gasteiger partial charge in [0.15, 0.2) is 0 Å². The van der Waals surface area contributed by atoms with Gasteiger partial charge in [0.25, 0.3) is 0 Å². The SMILES string of the molecule is CCC(C)N(CC)CCCC(CCC(C)C(C)C)C(C)C. The molecule has 0 aliphatic heterocycles. The van der Waals surface area contributed by atoms with E-state index < -0.39 is 0 Å². The summed E-state index contributed by atoms with van der Waals surface area (Å²) in [7, 11) is 0. The number of hydrogen-bond donors (Lipinski definition) is 0. The summed E-state index contributed by atoms with van der Waals surface area (Å²) in [6.45, 7) is 21.4. The highest BCUT2D eigenvalue weighted by atomic mass is 15.1. The average Bonchev–Trinajstić information content (AvgIpc) is 2.44. The number of hydrogen-bond acceptors (Lipinski definition) is 1. The zero-order valence-electron chi connectivity index (χ0n) is 16.3. The monoisotopic (exact) mass is 297 g/mol. The maximum Gasteiger partial charge on any atom is 0.00641 e. The molecule has 1 nitrogen and oxygen atoms in total. The van der Waals surface area contributed by atoms with Crippen LogP contribution in [0.25, 0.3) is 0 Å². The first-order valence-corrected chi connectivity index (χ1v) is 9.57. The van der Waals surface area contributed by atoms with Crippen molar-refractivity contribution in [1.82, 2.24) is 4.90 Å². The van der Waals surface area contributed by atoms with Crippen LogP contribution in [0.2, 0.25) is 0 Å². The molecular weight excluding hydrogens is 254 g/mol. The Kier molecular flexibility index (Phi) is 11.5. The van der Waals surface area contributed by atoms with Crippen LogP contribution in [0.3, 0.4) is 0 Å². The molecule has 0 aromatic carbocycles. The molecule has 0 radical (unpaired) electrons. The average molecular weight is 298 g/mol. The fraction of sp³-hybridized carbons (Fsp3) is 1.00. The Balaban J connectivity index is 4.15. The molecule has 0 aromatic rings. The summed E-state index contributed by atoms with van der Waals surface area (Å²) in [4.78, 5) is 2.65. The molecule has 3 atom stereocenters. The third kappa shape index (κ3) is 8.86. The van der Waals surface area contributed by atoms with Gasteiger partial charge >= 0.3 is 0 Å². The standard InChI is InChI=1S/C20H43N/c1-9-19(8)21(10-2)15-11-12-20(17(5)6)14-13-18(7)16(3)4/h16-20H,9-15H2,1-8H3. The smallest absolute Gasteiger partial charge is 0.00641 e. The highest BCUT2D eigenvalue weighted by Crippen LogP contribution is 2.27. The molecule has 0 aliphatic rings. The van der Waals surface area contributed by atoms with E-state index in [1.807, 2.05) is 0 Å². The molecule has 0 saturated carbocycles. The van der Waals surface area contributed by atoms with E-state index in [-0.39, 0.29) is 0 Å². The van der Waals surface area contributed by atoms with E-state index in [9.17, 15) is 0 Å². The molecule has 21 heavy (non-hydrogen) atoms. The van der Waals surface area contributed by atoms with Crippen LogP contribution in [0.5, 0.6) is 0 Å². The van der Waals surface area contributed by atoms with Crippen molar-refractivity contribution in [3.8, 4) is 0 Å². The predicted octanol–water partition coefficient (Wildman–Crippen LogP) is 6.23. The maximum atomic E-state index is 2.65. The zero-order valence-corrected chi connectivity index (χ0v) is 16.3. The first-order chi connectivity index (χ1) is 9.83. The Morgan fingerprint density at radius 3 is 1.81 bits per heavy atom. The van der Waals surface area contributed by atoms with Crippen LogP contribution in [-0.2, 0) is 0 Å². The van der Waals surface area contributed by atoms with Gasteiger partial charge in [-0.3, -0.25) is 0 Å². The minimum Gasteiger partial charge on any atom is -0.301 e. The van der Waals surface area contributed by atoms with E-state index in [1.54, 1.807) is 0 Å². The lowest BCUT2D eigenvalue weighted by atomic mass is 9.82. The highest BCUT2D eigenvalue weighted by molar-refractivity contribution is 4.70. The van der Waals surface area contributed by atoms with E-state index in [4.69, 9.17) is 0 Å². The van der Waals surface area contributed by atoms with E-state index in [2.05, 4.69) is 60.3 Å². The fourth-order valence-corrected chi connectivity index (χ4v) is 3.13. The third-order valence-corrected chi connectivity index (χ3v) is 5.71. The molecule has 0 heterocycles. The van der Waals surface area contributed by atoms with Gasteiger partial charge in [-0.1, -0.05) is 54.9 Å². The summed E-state index contributed by atoms with van der Waals surface area (Å²) < 4.78 is 0. The van der Waals surface area contributed by atoms with Gasteiger partial charge < -0.3 is 4.90 Å². The molecule has 0 fully saturated rings. The molecule has 0 spiro atoms. The summed E-state index contributed by atoms with van der Waals surface area (Å²) in [5, 5.41) is 0. The van der Waals surface area contributed by atoms with Crippen LogP contribution in [0.1, 0.15) is 87.5 Å². The minimum atomic E-state index is 0.744. The predicted molar refractivity (Wildman–Crippen MR) is 97.8 cm³/mol. The lowest BCUT2D eigenvalue weighted by Gasteiger charge is -2.29. The highest BCUT2D eigenvalue weighted by Gasteiger charge is 2.17. The van der Waals surface area contributed by atoms with Crippen molar-refractivity contribution in [1.29, 1.82) is 0 Å². The Bertz CT molecular complexity index is 234. The van der Waals surface area contributed by atoms with Crippen LogP contribution in [0.15, 0.2) is 0 Å². The second-order valence-corrected chi connectivity index (χ2v) is 7.83. The van der Waals surface area contributed by atoms with E-state index in [0.717, 1.165) is 29.7 Å². The molecule has 1 heteroatoms. The molecule has 0 bridgehead atoms. The molecule has 0 N–H and O–H groups in total. The van der Waals surface area contributed by atoms with Crippen molar-refractivity contribution in [2.45, 2.75) is 93.5 Å². The van der Waals surface area contributed by atoms with E-state index in [0.29, 0.717) is 0 Å². The Morgan fingerprint density at radius 2 is 1.38 bits per heavy atom. The first-order valence-electron chi connectivity index (χ1n) is 9.57. The summed E-state index contributed by atoms with van der Waals surface area (Å²) in [6, 6.07) is 0.744. The van der Waals surface area contributed by atoms with Gasteiger partial charge in [0, 0.05) is 6.04 Å².